The van der Waals surface area contributed by atoms with E-state index in [1.54, 1.807) is 6.07 Å². The van der Waals surface area contributed by atoms with Crippen LogP contribution in [0.3, 0.4) is 0 Å². The van der Waals surface area contributed by atoms with Crippen LogP contribution in [0.15, 0.2) is 46.9 Å². The smallest absolute Gasteiger partial charge is 0.228 e. The van der Waals surface area contributed by atoms with Gasteiger partial charge >= 0.3 is 0 Å². The first-order valence-corrected chi connectivity index (χ1v) is 6.74. The van der Waals surface area contributed by atoms with E-state index in [2.05, 4.69) is 21.2 Å². The van der Waals surface area contributed by atoms with Crippen LogP contribution in [0, 0.1) is 6.92 Å². The molecule has 98 valence electrons. The first-order chi connectivity index (χ1) is 9.04. The number of hydrogen-bond acceptors (Lipinski definition) is 2. The topological polar surface area (TPSA) is 55.1 Å². The van der Waals surface area contributed by atoms with Gasteiger partial charge in [-0.25, -0.2) is 0 Å². The fourth-order valence-corrected chi connectivity index (χ4v) is 2.25. The number of carbonyl (C=O) groups is 1. The van der Waals surface area contributed by atoms with E-state index in [-0.39, 0.29) is 5.91 Å². The van der Waals surface area contributed by atoms with Gasteiger partial charge in [0.1, 0.15) is 0 Å². The summed E-state index contributed by atoms with van der Waals surface area (Å²) >= 11 is 3.39. The third kappa shape index (κ3) is 3.83. The molecule has 0 aromatic heterocycles. The molecule has 0 unspecified atom stereocenters. The molecule has 0 bridgehead atoms. The highest BCUT2D eigenvalue weighted by Crippen LogP contribution is 2.19. The highest BCUT2D eigenvalue weighted by Gasteiger charge is 2.06. The second-order valence-electron chi connectivity index (χ2n) is 4.43. The van der Waals surface area contributed by atoms with Crippen molar-refractivity contribution >= 4 is 33.2 Å². The summed E-state index contributed by atoms with van der Waals surface area (Å²) in [5.74, 6) is -0.0493. The molecule has 0 atom stereocenters. The minimum absolute atomic E-state index is 0.0493. The number of anilines is 2. The Morgan fingerprint density at radius 3 is 2.79 bits per heavy atom. The van der Waals surface area contributed by atoms with Crippen molar-refractivity contribution in [3.05, 3.63) is 58.1 Å². The molecule has 2 rings (SSSR count). The fourth-order valence-electron chi connectivity index (χ4n) is 1.80. The number of nitrogen functional groups attached to an aromatic ring is 1. The Hall–Kier alpha value is -1.81. The molecule has 0 aliphatic rings. The first kappa shape index (κ1) is 13.6. The number of aryl methyl sites for hydroxylation is 1. The summed E-state index contributed by atoms with van der Waals surface area (Å²) in [6.07, 6.45) is 0.341. The number of nitrogens with one attached hydrogen (secondary N) is 1. The first-order valence-electron chi connectivity index (χ1n) is 5.95. The molecule has 0 saturated carbocycles. The van der Waals surface area contributed by atoms with E-state index < -0.39 is 0 Å². The minimum Gasteiger partial charge on any atom is -0.399 e. The zero-order chi connectivity index (χ0) is 13.8. The minimum atomic E-state index is -0.0493. The normalized spacial score (nSPS) is 10.2. The second kappa shape index (κ2) is 5.89. The zero-order valence-corrected chi connectivity index (χ0v) is 12.2. The van der Waals surface area contributed by atoms with Gasteiger partial charge in [-0.2, -0.15) is 0 Å². The molecule has 19 heavy (non-hydrogen) atoms. The van der Waals surface area contributed by atoms with E-state index in [0.717, 1.165) is 21.3 Å². The highest BCUT2D eigenvalue weighted by molar-refractivity contribution is 9.10. The fraction of sp³-hybridized carbons (Fsp3) is 0.133. The molecule has 0 fully saturated rings. The molecule has 0 aliphatic carbocycles. The van der Waals surface area contributed by atoms with Crippen LogP contribution >= 0.6 is 15.9 Å². The maximum absolute atomic E-state index is 12.0. The quantitative estimate of drug-likeness (QED) is 0.851. The van der Waals surface area contributed by atoms with Crippen LogP contribution in [0.4, 0.5) is 11.4 Å². The molecule has 0 saturated heterocycles. The standard InChI is InChI=1S/C15H15BrN2O/c1-10-5-6-13(17)9-14(10)18-15(19)8-11-3-2-4-12(16)7-11/h2-7,9H,8,17H2,1H3,(H,18,19). The van der Waals surface area contributed by atoms with Gasteiger partial charge < -0.3 is 11.1 Å². The SMILES string of the molecule is Cc1ccc(N)cc1NC(=O)Cc1cccc(Br)c1. The summed E-state index contributed by atoms with van der Waals surface area (Å²) < 4.78 is 0.970. The van der Waals surface area contributed by atoms with Crippen LogP contribution in [-0.4, -0.2) is 5.91 Å². The van der Waals surface area contributed by atoms with Crippen LogP contribution in [-0.2, 0) is 11.2 Å². The number of amides is 1. The molecular formula is C15H15BrN2O. The molecule has 4 heteroatoms. The Morgan fingerprint density at radius 2 is 2.05 bits per heavy atom. The molecule has 0 radical (unpaired) electrons. The summed E-state index contributed by atoms with van der Waals surface area (Å²) in [6.45, 7) is 1.94. The lowest BCUT2D eigenvalue weighted by Gasteiger charge is -2.09. The number of rotatable bonds is 3. The third-order valence-electron chi connectivity index (χ3n) is 2.79. The summed E-state index contributed by atoms with van der Waals surface area (Å²) in [5, 5.41) is 2.88. The summed E-state index contributed by atoms with van der Waals surface area (Å²) in [7, 11) is 0. The number of halogens is 1. The highest BCUT2D eigenvalue weighted by atomic mass is 79.9. The lowest BCUT2D eigenvalue weighted by molar-refractivity contribution is -0.115. The van der Waals surface area contributed by atoms with Gasteiger partial charge in [0.05, 0.1) is 6.42 Å². The van der Waals surface area contributed by atoms with Crippen molar-refractivity contribution in [2.45, 2.75) is 13.3 Å². The van der Waals surface area contributed by atoms with Crippen LogP contribution < -0.4 is 11.1 Å². The van der Waals surface area contributed by atoms with Crippen LogP contribution in [0.25, 0.3) is 0 Å². The summed E-state index contributed by atoms with van der Waals surface area (Å²) in [4.78, 5) is 12.0. The van der Waals surface area contributed by atoms with E-state index in [1.165, 1.54) is 0 Å². The third-order valence-corrected chi connectivity index (χ3v) is 3.28. The summed E-state index contributed by atoms with van der Waals surface area (Å²) in [5.41, 5.74) is 9.09. The molecule has 3 N–H and O–H groups in total. The van der Waals surface area contributed by atoms with Gasteiger partial charge in [0.25, 0.3) is 0 Å². The number of benzene rings is 2. The van der Waals surface area contributed by atoms with E-state index in [0.29, 0.717) is 12.1 Å². The van der Waals surface area contributed by atoms with E-state index >= 15 is 0 Å². The van der Waals surface area contributed by atoms with E-state index in [9.17, 15) is 4.79 Å². The Balaban J connectivity index is 2.07. The van der Waals surface area contributed by atoms with Gasteiger partial charge in [0.15, 0.2) is 0 Å². The Kier molecular flexibility index (Phi) is 4.22. The molecule has 2 aromatic rings. The van der Waals surface area contributed by atoms with Gasteiger partial charge in [-0.1, -0.05) is 34.1 Å². The van der Waals surface area contributed by atoms with Gasteiger partial charge in [0, 0.05) is 15.8 Å². The van der Waals surface area contributed by atoms with Crippen LogP contribution in [0.2, 0.25) is 0 Å². The molecule has 1 amide bonds. The number of carbonyl (C=O) groups excluding carboxylic acids is 1. The van der Waals surface area contributed by atoms with Crippen molar-refractivity contribution in [3.63, 3.8) is 0 Å². The lowest BCUT2D eigenvalue weighted by Crippen LogP contribution is -2.15. The molecule has 2 aromatic carbocycles. The predicted molar refractivity (Wildman–Crippen MR) is 82.1 cm³/mol. The van der Waals surface area contributed by atoms with Crippen molar-refractivity contribution in [3.8, 4) is 0 Å². The largest absolute Gasteiger partial charge is 0.399 e. The molecule has 0 aliphatic heterocycles. The summed E-state index contributed by atoms with van der Waals surface area (Å²) in [6, 6.07) is 13.2. The van der Waals surface area contributed by atoms with Crippen molar-refractivity contribution in [1.29, 1.82) is 0 Å². The number of nitrogens with two attached hydrogens (primary N) is 1. The molecular weight excluding hydrogens is 304 g/mol. The van der Waals surface area contributed by atoms with Crippen molar-refractivity contribution < 1.29 is 4.79 Å². The van der Waals surface area contributed by atoms with Gasteiger partial charge in [-0.05, 0) is 42.3 Å². The zero-order valence-electron chi connectivity index (χ0n) is 10.6. The Bertz CT molecular complexity index is 611. The van der Waals surface area contributed by atoms with E-state index in [1.807, 2.05) is 43.3 Å². The van der Waals surface area contributed by atoms with E-state index in [4.69, 9.17) is 5.73 Å². The van der Waals surface area contributed by atoms with Crippen LogP contribution in [0.1, 0.15) is 11.1 Å². The monoisotopic (exact) mass is 318 g/mol. The Morgan fingerprint density at radius 1 is 1.26 bits per heavy atom. The van der Waals surface area contributed by atoms with Crippen molar-refractivity contribution in [2.24, 2.45) is 0 Å². The average molecular weight is 319 g/mol. The lowest BCUT2D eigenvalue weighted by atomic mass is 10.1. The second-order valence-corrected chi connectivity index (χ2v) is 5.34. The Labute approximate surface area is 121 Å². The van der Waals surface area contributed by atoms with Gasteiger partial charge in [0.2, 0.25) is 5.91 Å². The van der Waals surface area contributed by atoms with Crippen molar-refractivity contribution in [2.75, 3.05) is 11.1 Å². The average Bonchev–Trinajstić information content (AvgIpc) is 2.34. The maximum Gasteiger partial charge on any atom is 0.228 e. The van der Waals surface area contributed by atoms with Crippen molar-refractivity contribution in [1.82, 2.24) is 0 Å². The number of hydrogen-bond donors (Lipinski definition) is 2. The predicted octanol–water partition coefficient (Wildman–Crippen LogP) is 3.52. The molecule has 3 nitrogen and oxygen atoms in total. The molecule has 0 spiro atoms. The van der Waals surface area contributed by atoms with Gasteiger partial charge in [-0.15, -0.1) is 0 Å². The van der Waals surface area contributed by atoms with Gasteiger partial charge in [-0.3, -0.25) is 4.79 Å². The molecule has 0 heterocycles. The van der Waals surface area contributed by atoms with Crippen LogP contribution in [0.5, 0.6) is 0 Å². The maximum atomic E-state index is 12.0.